The van der Waals surface area contributed by atoms with E-state index in [-0.39, 0.29) is 30.1 Å². The Balaban J connectivity index is 1.33. The quantitative estimate of drug-likeness (QED) is 0.822. The number of hydrogen-bond acceptors (Lipinski definition) is 5. The summed E-state index contributed by atoms with van der Waals surface area (Å²) in [5.41, 5.74) is 0.679. The van der Waals surface area contributed by atoms with Gasteiger partial charge in [-0.3, -0.25) is 9.59 Å². The lowest BCUT2D eigenvalue weighted by Crippen LogP contribution is -2.44. The number of carbonyl (C=O) groups excluding carboxylic acids is 2. The molecule has 8 heteroatoms. The minimum absolute atomic E-state index is 0.00114. The smallest absolute Gasteiger partial charge is 0.247 e. The van der Waals surface area contributed by atoms with Crippen LogP contribution in [0.4, 0.5) is 4.39 Å². The first-order chi connectivity index (χ1) is 13.1. The summed E-state index contributed by atoms with van der Waals surface area (Å²) in [5.74, 6) is 0.779. The highest BCUT2D eigenvalue weighted by Gasteiger charge is 2.30. The van der Waals surface area contributed by atoms with E-state index >= 15 is 0 Å². The number of rotatable bonds is 4. The first-order valence-electron chi connectivity index (χ1n) is 9.25. The maximum Gasteiger partial charge on any atom is 0.247 e. The van der Waals surface area contributed by atoms with Gasteiger partial charge >= 0.3 is 0 Å². The lowest BCUT2D eigenvalue weighted by Gasteiger charge is -2.31. The number of piperidine rings is 1. The predicted octanol–water partition coefficient (Wildman–Crippen LogP) is 2.20. The molecule has 0 aliphatic carbocycles. The molecule has 0 N–H and O–H groups in total. The third-order valence-electron chi connectivity index (χ3n) is 5.23. The van der Waals surface area contributed by atoms with Gasteiger partial charge in [0.15, 0.2) is 0 Å². The molecule has 0 bridgehead atoms. The van der Waals surface area contributed by atoms with Gasteiger partial charge in [0.25, 0.3) is 0 Å². The van der Waals surface area contributed by atoms with E-state index in [9.17, 15) is 14.0 Å². The van der Waals surface area contributed by atoms with Crippen LogP contribution in [-0.2, 0) is 9.59 Å². The van der Waals surface area contributed by atoms with Crippen molar-refractivity contribution in [3.63, 3.8) is 0 Å². The van der Waals surface area contributed by atoms with Crippen LogP contribution in [0.25, 0.3) is 11.5 Å². The molecule has 4 rings (SSSR count). The SMILES string of the molecule is O=C(CN1CCCC1=O)N1CCC(c2nnc(-c3ccc(F)cc3)o2)CC1. The van der Waals surface area contributed by atoms with Crippen LogP contribution in [-0.4, -0.2) is 58.0 Å². The molecule has 3 heterocycles. The van der Waals surface area contributed by atoms with Gasteiger partial charge in [-0.25, -0.2) is 4.39 Å². The molecule has 2 amide bonds. The first-order valence-corrected chi connectivity index (χ1v) is 9.25. The van der Waals surface area contributed by atoms with Crippen molar-refractivity contribution in [3.05, 3.63) is 36.0 Å². The zero-order chi connectivity index (χ0) is 18.8. The topological polar surface area (TPSA) is 79.5 Å². The number of likely N-dealkylation sites (tertiary alicyclic amines) is 2. The van der Waals surface area contributed by atoms with Crippen LogP contribution in [0.1, 0.15) is 37.5 Å². The second-order valence-electron chi connectivity index (χ2n) is 7.03. The highest BCUT2D eigenvalue weighted by atomic mass is 19.1. The minimum atomic E-state index is -0.314. The fourth-order valence-electron chi connectivity index (χ4n) is 3.62. The second-order valence-corrected chi connectivity index (χ2v) is 7.03. The zero-order valence-electron chi connectivity index (χ0n) is 14.9. The number of nitrogens with zero attached hydrogens (tertiary/aromatic N) is 4. The Morgan fingerprint density at radius 2 is 1.89 bits per heavy atom. The molecule has 2 aromatic rings. The molecule has 1 aromatic heterocycles. The Morgan fingerprint density at radius 1 is 1.15 bits per heavy atom. The molecule has 0 spiro atoms. The second kappa shape index (κ2) is 7.46. The Bertz CT molecular complexity index is 828. The normalized spacial score (nSPS) is 18.3. The van der Waals surface area contributed by atoms with Gasteiger partial charge < -0.3 is 14.2 Å². The van der Waals surface area contributed by atoms with Crippen LogP contribution >= 0.6 is 0 Å². The number of amides is 2. The van der Waals surface area contributed by atoms with Crippen LogP contribution in [0.2, 0.25) is 0 Å². The van der Waals surface area contributed by atoms with E-state index in [0.717, 1.165) is 19.3 Å². The molecule has 2 aliphatic rings. The van der Waals surface area contributed by atoms with E-state index in [2.05, 4.69) is 10.2 Å². The van der Waals surface area contributed by atoms with Crippen LogP contribution in [0.15, 0.2) is 28.7 Å². The predicted molar refractivity (Wildman–Crippen MR) is 94.1 cm³/mol. The molecule has 2 aliphatic heterocycles. The fourth-order valence-corrected chi connectivity index (χ4v) is 3.62. The Kier molecular flexibility index (Phi) is 4.87. The summed E-state index contributed by atoms with van der Waals surface area (Å²) in [7, 11) is 0. The van der Waals surface area contributed by atoms with Crippen molar-refractivity contribution >= 4 is 11.8 Å². The third kappa shape index (κ3) is 3.84. The van der Waals surface area contributed by atoms with Crippen molar-refractivity contribution in [1.29, 1.82) is 0 Å². The molecule has 142 valence electrons. The van der Waals surface area contributed by atoms with Crippen molar-refractivity contribution in [2.75, 3.05) is 26.2 Å². The Labute approximate surface area is 156 Å². The Morgan fingerprint density at radius 3 is 2.56 bits per heavy atom. The van der Waals surface area contributed by atoms with Gasteiger partial charge in [0, 0.05) is 37.5 Å². The highest BCUT2D eigenvalue weighted by Crippen LogP contribution is 2.29. The molecule has 0 atom stereocenters. The summed E-state index contributed by atoms with van der Waals surface area (Å²) in [6.45, 7) is 2.08. The molecule has 0 radical (unpaired) electrons. The Hall–Kier alpha value is -2.77. The van der Waals surface area contributed by atoms with E-state index < -0.39 is 0 Å². The molecule has 2 saturated heterocycles. The summed E-state index contributed by atoms with van der Waals surface area (Å²) in [4.78, 5) is 27.5. The van der Waals surface area contributed by atoms with Crippen LogP contribution in [0.3, 0.4) is 0 Å². The van der Waals surface area contributed by atoms with Gasteiger partial charge in [-0.1, -0.05) is 0 Å². The van der Waals surface area contributed by atoms with E-state index in [0.29, 0.717) is 43.4 Å². The summed E-state index contributed by atoms with van der Waals surface area (Å²) in [6.07, 6.45) is 2.86. The van der Waals surface area contributed by atoms with E-state index in [1.54, 1.807) is 21.9 Å². The van der Waals surface area contributed by atoms with Crippen molar-refractivity contribution in [3.8, 4) is 11.5 Å². The van der Waals surface area contributed by atoms with Gasteiger partial charge in [0.05, 0.1) is 6.54 Å². The fraction of sp³-hybridized carbons (Fsp3) is 0.474. The van der Waals surface area contributed by atoms with Crippen molar-refractivity contribution in [2.45, 2.75) is 31.6 Å². The van der Waals surface area contributed by atoms with Gasteiger partial charge in [0.2, 0.25) is 23.6 Å². The number of hydrogen-bond donors (Lipinski definition) is 0. The third-order valence-corrected chi connectivity index (χ3v) is 5.23. The van der Waals surface area contributed by atoms with E-state index in [4.69, 9.17) is 4.42 Å². The average molecular weight is 372 g/mol. The van der Waals surface area contributed by atoms with Gasteiger partial charge in [-0.05, 0) is 43.5 Å². The van der Waals surface area contributed by atoms with Crippen LogP contribution < -0.4 is 0 Å². The van der Waals surface area contributed by atoms with Crippen molar-refractivity contribution in [1.82, 2.24) is 20.0 Å². The maximum absolute atomic E-state index is 13.0. The molecule has 0 saturated carbocycles. The number of aromatic nitrogens is 2. The average Bonchev–Trinajstić information content (AvgIpc) is 3.32. The highest BCUT2D eigenvalue weighted by molar-refractivity contribution is 5.85. The molecule has 7 nitrogen and oxygen atoms in total. The minimum Gasteiger partial charge on any atom is -0.420 e. The lowest BCUT2D eigenvalue weighted by atomic mass is 9.97. The van der Waals surface area contributed by atoms with Gasteiger partial charge in [0.1, 0.15) is 5.82 Å². The monoisotopic (exact) mass is 372 g/mol. The van der Waals surface area contributed by atoms with Crippen molar-refractivity contribution in [2.24, 2.45) is 0 Å². The molecular formula is C19H21FN4O3. The molecule has 0 unspecified atom stereocenters. The molecule has 27 heavy (non-hydrogen) atoms. The summed E-state index contributed by atoms with van der Waals surface area (Å²) < 4.78 is 18.8. The van der Waals surface area contributed by atoms with E-state index in [1.807, 2.05) is 0 Å². The molecule has 2 fully saturated rings. The zero-order valence-corrected chi connectivity index (χ0v) is 14.9. The summed E-state index contributed by atoms with van der Waals surface area (Å²) in [5, 5.41) is 8.19. The maximum atomic E-state index is 13.0. The first kappa shape index (κ1) is 17.6. The van der Waals surface area contributed by atoms with E-state index in [1.165, 1.54) is 12.1 Å². The van der Waals surface area contributed by atoms with Gasteiger partial charge in [-0.2, -0.15) is 0 Å². The molecular weight excluding hydrogens is 351 g/mol. The lowest BCUT2D eigenvalue weighted by molar-refractivity contribution is -0.139. The molecule has 1 aromatic carbocycles. The van der Waals surface area contributed by atoms with Crippen LogP contribution in [0.5, 0.6) is 0 Å². The standard InChI is InChI=1S/C19H21FN4O3/c20-15-5-3-13(4-6-15)18-21-22-19(27-18)14-7-10-23(11-8-14)17(26)12-24-9-1-2-16(24)25/h3-6,14H,1-2,7-12H2. The number of carbonyl (C=O) groups is 2. The summed E-state index contributed by atoms with van der Waals surface area (Å²) >= 11 is 0. The number of halogens is 1. The van der Waals surface area contributed by atoms with Crippen molar-refractivity contribution < 1.29 is 18.4 Å². The van der Waals surface area contributed by atoms with Gasteiger partial charge in [-0.15, -0.1) is 10.2 Å². The largest absolute Gasteiger partial charge is 0.420 e. The summed E-state index contributed by atoms with van der Waals surface area (Å²) in [6, 6.07) is 5.92. The van der Waals surface area contributed by atoms with Crippen LogP contribution in [0, 0.1) is 5.82 Å². The number of benzene rings is 1.